The Morgan fingerprint density at radius 3 is 1.76 bits per heavy atom. The first kappa shape index (κ1) is 26.1. The summed E-state index contributed by atoms with van der Waals surface area (Å²) in [7, 11) is 0. The van der Waals surface area contributed by atoms with Crippen molar-refractivity contribution in [2.75, 3.05) is 0 Å². The predicted octanol–water partition coefficient (Wildman–Crippen LogP) is 12.0. The van der Waals surface area contributed by atoms with Gasteiger partial charge in [0.2, 0.25) is 0 Å². The standard InChI is InChI=1S/C43H25NO2/c44-26-33-21-28(17-19-34(33)27-9-2-1-3-10-27)30-22-31(29-18-20-42-39(25-29)37-12-5-6-15-40(37)45-42)24-32(23-30)35-13-8-14-38-36-11-4-7-16-41(36)46-43(35)38/h1-25H. The van der Waals surface area contributed by atoms with Gasteiger partial charge in [0, 0.05) is 27.1 Å². The third-order valence-corrected chi connectivity index (χ3v) is 8.92. The number of benzene rings is 7. The largest absolute Gasteiger partial charge is 0.456 e. The first-order valence-electron chi connectivity index (χ1n) is 15.3. The fourth-order valence-corrected chi connectivity index (χ4v) is 6.68. The van der Waals surface area contributed by atoms with Gasteiger partial charge in [-0.2, -0.15) is 5.26 Å². The Morgan fingerprint density at radius 2 is 0.978 bits per heavy atom. The van der Waals surface area contributed by atoms with Crippen LogP contribution in [-0.4, -0.2) is 0 Å². The Labute approximate surface area is 265 Å². The average Bonchev–Trinajstić information content (AvgIpc) is 3.69. The van der Waals surface area contributed by atoms with E-state index in [0.29, 0.717) is 5.56 Å². The lowest BCUT2D eigenvalue weighted by molar-refractivity contribution is 0.669. The molecule has 0 N–H and O–H groups in total. The zero-order valence-electron chi connectivity index (χ0n) is 24.7. The molecule has 0 spiro atoms. The van der Waals surface area contributed by atoms with E-state index in [1.54, 1.807) is 0 Å². The molecular formula is C43H25NO2. The fraction of sp³-hybridized carbons (Fsp3) is 0. The van der Waals surface area contributed by atoms with Crippen molar-refractivity contribution in [3.63, 3.8) is 0 Å². The fourth-order valence-electron chi connectivity index (χ4n) is 6.68. The smallest absolute Gasteiger partial charge is 0.143 e. The van der Waals surface area contributed by atoms with Gasteiger partial charge in [-0.25, -0.2) is 0 Å². The molecular weight excluding hydrogens is 562 g/mol. The number of hydrogen-bond acceptors (Lipinski definition) is 3. The summed E-state index contributed by atoms with van der Waals surface area (Å²) in [6, 6.07) is 54.4. The highest BCUT2D eigenvalue weighted by molar-refractivity contribution is 6.10. The average molecular weight is 588 g/mol. The van der Waals surface area contributed by atoms with Gasteiger partial charge >= 0.3 is 0 Å². The van der Waals surface area contributed by atoms with Gasteiger partial charge in [0.1, 0.15) is 22.3 Å². The summed E-state index contributed by atoms with van der Waals surface area (Å²) in [6.45, 7) is 0. The Kier molecular flexibility index (Phi) is 5.88. The van der Waals surface area contributed by atoms with E-state index in [0.717, 1.165) is 88.4 Å². The summed E-state index contributed by atoms with van der Waals surface area (Å²) in [6.07, 6.45) is 0. The summed E-state index contributed by atoms with van der Waals surface area (Å²) < 4.78 is 12.6. The Hall–Kier alpha value is -6.37. The van der Waals surface area contributed by atoms with Crippen LogP contribution in [0, 0.1) is 11.3 Å². The SMILES string of the molecule is N#Cc1cc(-c2cc(-c3ccc4oc5ccccc5c4c3)cc(-c3cccc4c3oc3ccccc34)c2)ccc1-c1ccccc1. The summed E-state index contributed by atoms with van der Waals surface area (Å²) in [5.41, 5.74) is 12.3. The van der Waals surface area contributed by atoms with E-state index in [1.165, 1.54) is 0 Å². The Balaban J connectivity index is 1.28. The maximum atomic E-state index is 10.2. The molecule has 0 amide bonds. The van der Waals surface area contributed by atoms with E-state index in [1.807, 2.05) is 72.8 Å². The summed E-state index contributed by atoms with van der Waals surface area (Å²) in [5.74, 6) is 0. The van der Waals surface area contributed by atoms with Gasteiger partial charge in [-0.15, -0.1) is 0 Å². The lowest BCUT2D eigenvalue weighted by Gasteiger charge is -2.13. The third-order valence-electron chi connectivity index (χ3n) is 8.92. The molecule has 0 radical (unpaired) electrons. The zero-order valence-corrected chi connectivity index (χ0v) is 24.7. The number of furan rings is 2. The molecule has 0 atom stereocenters. The monoisotopic (exact) mass is 587 g/mol. The molecule has 0 unspecified atom stereocenters. The molecule has 9 rings (SSSR count). The highest BCUT2D eigenvalue weighted by Gasteiger charge is 2.16. The van der Waals surface area contributed by atoms with Crippen LogP contribution in [0.4, 0.5) is 0 Å². The molecule has 0 aliphatic rings. The minimum Gasteiger partial charge on any atom is -0.456 e. The van der Waals surface area contributed by atoms with Crippen LogP contribution in [0.1, 0.15) is 5.56 Å². The van der Waals surface area contributed by atoms with Crippen molar-refractivity contribution < 1.29 is 8.83 Å². The molecule has 0 saturated heterocycles. The third kappa shape index (κ3) is 4.20. The number of nitriles is 1. The highest BCUT2D eigenvalue weighted by atomic mass is 16.3. The van der Waals surface area contributed by atoms with Crippen LogP contribution in [0.25, 0.3) is 88.4 Å². The van der Waals surface area contributed by atoms with Crippen LogP contribution in [-0.2, 0) is 0 Å². The molecule has 9 aromatic rings. The molecule has 2 heterocycles. The van der Waals surface area contributed by atoms with Gasteiger partial charge < -0.3 is 8.83 Å². The number of rotatable bonds is 4. The van der Waals surface area contributed by atoms with Gasteiger partial charge in [0.05, 0.1) is 11.6 Å². The Morgan fingerprint density at radius 1 is 0.370 bits per heavy atom. The highest BCUT2D eigenvalue weighted by Crippen LogP contribution is 2.41. The van der Waals surface area contributed by atoms with Crippen molar-refractivity contribution in [2.45, 2.75) is 0 Å². The van der Waals surface area contributed by atoms with E-state index in [9.17, 15) is 5.26 Å². The summed E-state index contributed by atoms with van der Waals surface area (Å²) >= 11 is 0. The zero-order chi connectivity index (χ0) is 30.6. The minimum atomic E-state index is 0.640. The summed E-state index contributed by atoms with van der Waals surface area (Å²) in [4.78, 5) is 0. The van der Waals surface area contributed by atoms with Crippen LogP contribution >= 0.6 is 0 Å². The molecule has 0 aliphatic carbocycles. The lowest BCUT2D eigenvalue weighted by Crippen LogP contribution is -1.89. The van der Waals surface area contributed by atoms with Gasteiger partial charge in [-0.05, 0) is 87.5 Å². The molecule has 0 aliphatic heterocycles. The van der Waals surface area contributed by atoms with Crippen molar-refractivity contribution in [1.82, 2.24) is 0 Å². The number of hydrogen-bond donors (Lipinski definition) is 0. The van der Waals surface area contributed by atoms with Crippen LogP contribution in [0.5, 0.6) is 0 Å². The van der Waals surface area contributed by atoms with Gasteiger partial charge in [0.25, 0.3) is 0 Å². The van der Waals surface area contributed by atoms with E-state index in [4.69, 9.17) is 8.83 Å². The number of fused-ring (bicyclic) bond motifs is 6. The maximum Gasteiger partial charge on any atom is 0.143 e. The van der Waals surface area contributed by atoms with Crippen molar-refractivity contribution in [2.24, 2.45) is 0 Å². The molecule has 3 nitrogen and oxygen atoms in total. The quantitative estimate of drug-likeness (QED) is 0.206. The van der Waals surface area contributed by atoms with E-state index >= 15 is 0 Å². The minimum absolute atomic E-state index is 0.640. The van der Waals surface area contributed by atoms with Crippen molar-refractivity contribution >= 4 is 43.9 Å². The van der Waals surface area contributed by atoms with Gasteiger partial charge in [-0.3, -0.25) is 0 Å². The normalized spacial score (nSPS) is 11.5. The topological polar surface area (TPSA) is 50.1 Å². The van der Waals surface area contributed by atoms with Crippen LogP contribution in [0.3, 0.4) is 0 Å². The van der Waals surface area contributed by atoms with Gasteiger partial charge in [-0.1, -0.05) is 103 Å². The maximum absolute atomic E-state index is 10.2. The summed E-state index contributed by atoms with van der Waals surface area (Å²) in [5, 5.41) is 14.6. The second-order valence-electron chi connectivity index (χ2n) is 11.6. The molecule has 2 aromatic heterocycles. The van der Waals surface area contributed by atoms with E-state index in [-0.39, 0.29) is 0 Å². The van der Waals surface area contributed by atoms with Crippen molar-refractivity contribution in [3.8, 4) is 50.6 Å². The molecule has 214 valence electrons. The molecule has 0 bridgehead atoms. The van der Waals surface area contributed by atoms with E-state index < -0.39 is 0 Å². The van der Waals surface area contributed by atoms with Crippen LogP contribution in [0.15, 0.2) is 160 Å². The van der Waals surface area contributed by atoms with Crippen molar-refractivity contribution in [1.29, 1.82) is 5.26 Å². The molecule has 0 fully saturated rings. The first-order valence-corrected chi connectivity index (χ1v) is 15.3. The molecule has 46 heavy (non-hydrogen) atoms. The van der Waals surface area contributed by atoms with Crippen LogP contribution in [0.2, 0.25) is 0 Å². The van der Waals surface area contributed by atoms with E-state index in [2.05, 4.69) is 84.9 Å². The van der Waals surface area contributed by atoms with Gasteiger partial charge in [0.15, 0.2) is 0 Å². The molecule has 3 heteroatoms. The van der Waals surface area contributed by atoms with Crippen LogP contribution < -0.4 is 0 Å². The number of para-hydroxylation sites is 3. The lowest BCUT2D eigenvalue weighted by atomic mass is 9.90. The second kappa shape index (κ2) is 10.4. The molecule has 0 saturated carbocycles. The first-order chi connectivity index (χ1) is 22.7. The number of nitrogens with zero attached hydrogens (tertiary/aromatic N) is 1. The second-order valence-corrected chi connectivity index (χ2v) is 11.6. The Bertz CT molecular complexity index is 2650. The van der Waals surface area contributed by atoms with Crippen molar-refractivity contribution in [3.05, 3.63) is 157 Å². The molecule has 7 aromatic carbocycles. The predicted molar refractivity (Wildman–Crippen MR) is 187 cm³/mol.